The van der Waals surface area contributed by atoms with E-state index in [4.69, 9.17) is 0 Å². The van der Waals surface area contributed by atoms with Crippen molar-refractivity contribution in [2.45, 2.75) is 0 Å². The fourth-order valence-electron chi connectivity index (χ4n) is 1.90. The Balaban J connectivity index is 0.000000750. The molecule has 14 heavy (non-hydrogen) atoms. The van der Waals surface area contributed by atoms with Gasteiger partial charge in [0.2, 0.25) is 0 Å². The van der Waals surface area contributed by atoms with Gasteiger partial charge in [-0.2, -0.15) is 0 Å². The molecule has 0 unspecified atom stereocenters. The van der Waals surface area contributed by atoms with Crippen molar-refractivity contribution in [3.05, 3.63) is 54.6 Å². The van der Waals surface area contributed by atoms with E-state index in [1.54, 1.807) is 0 Å². The maximum Gasteiger partial charge on any atom is 0 e. The van der Waals surface area contributed by atoms with Crippen LogP contribution >= 0.6 is 0 Å². The molecular formula is C13H9Ir-. The van der Waals surface area contributed by atoms with Crippen LogP contribution in [0.25, 0.3) is 21.5 Å². The zero-order valence-electron chi connectivity index (χ0n) is 7.53. The minimum atomic E-state index is 0. The van der Waals surface area contributed by atoms with E-state index in [-0.39, 0.29) is 20.1 Å². The Kier molecular flexibility index (Phi) is 2.45. The first-order valence-corrected chi connectivity index (χ1v) is 4.48. The van der Waals surface area contributed by atoms with Crippen molar-refractivity contribution in [1.82, 2.24) is 0 Å². The quantitative estimate of drug-likeness (QED) is 0.538. The molecule has 1 heteroatoms. The van der Waals surface area contributed by atoms with Crippen LogP contribution in [-0.2, 0) is 20.1 Å². The Labute approximate surface area is 96.3 Å². The Morgan fingerprint density at radius 1 is 0.643 bits per heavy atom. The van der Waals surface area contributed by atoms with E-state index in [2.05, 4.69) is 54.6 Å². The number of benzene rings is 2. The normalized spacial score (nSPS) is 10.3. The number of fused-ring (bicyclic) bond motifs is 3. The summed E-state index contributed by atoms with van der Waals surface area (Å²) in [5, 5.41) is 5.39. The monoisotopic (exact) mass is 358 g/mol. The smallest absolute Gasteiger partial charge is 0 e. The van der Waals surface area contributed by atoms with Gasteiger partial charge in [-0.1, -0.05) is 36.4 Å². The molecule has 1 radical (unpaired) electrons. The molecule has 0 aromatic heterocycles. The molecule has 0 spiro atoms. The van der Waals surface area contributed by atoms with Gasteiger partial charge in [0.15, 0.2) is 0 Å². The molecule has 3 aromatic rings. The largest absolute Gasteiger partial charge is 0.126 e. The molecule has 3 rings (SSSR count). The fourth-order valence-corrected chi connectivity index (χ4v) is 1.90. The van der Waals surface area contributed by atoms with Crippen LogP contribution in [0.4, 0.5) is 0 Å². The maximum absolute atomic E-state index is 2.24. The third kappa shape index (κ3) is 1.30. The summed E-state index contributed by atoms with van der Waals surface area (Å²) in [7, 11) is 0. The van der Waals surface area contributed by atoms with Crippen LogP contribution in [0.2, 0.25) is 0 Å². The van der Waals surface area contributed by atoms with E-state index in [1.165, 1.54) is 21.5 Å². The van der Waals surface area contributed by atoms with Gasteiger partial charge in [0, 0.05) is 20.1 Å². The number of rotatable bonds is 0. The van der Waals surface area contributed by atoms with E-state index in [0.717, 1.165) is 0 Å². The SMILES string of the molecule is [Ir].c1ccc2c(c1)[cH-]c1ccccc12. The van der Waals surface area contributed by atoms with Crippen LogP contribution in [0.1, 0.15) is 0 Å². The van der Waals surface area contributed by atoms with Gasteiger partial charge in [-0.15, -0.1) is 39.7 Å². The van der Waals surface area contributed by atoms with Gasteiger partial charge in [0.25, 0.3) is 0 Å². The van der Waals surface area contributed by atoms with Gasteiger partial charge in [0.05, 0.1) is 0 Å². The van der Waals surface area contributed by atoms with Crippen molar-refractivity contribution < 1.29 is 20.1 Å². The molecule has 0 heterocycles. The first-order valence-electron chi connectivity index (χ1n) is 4.48. The zero-order valence-corrected chi connectivity index (χ0v) is 9.92. The minimum Gasteiger partial charge on any atom is -0.126 e. The molecule has 0 saturated heterocycles. The minimum absolute atomic E-state index is 0. The Morgan fingerprint density at radius 3 is 1.57 bits per heavy atom. The van der Waals surface area contributed by atoms with Gasteiger partial charge in [-0.25, -0.2) is 0 Å². The molecule has 0 fully saturated rings. The predicted octanol–water partition coefficient (Wildman–Crippen LogP) is 3.71. The molecule has 0 nitrogen and oxygen atoms in total. The van der Waals surface area contributed by atoms with Crippen molar-refractivity contribution in [1.29, 1.82) is 0 Å². The predicted molar refractivity (Wildman–Crippen MR) is 57.0 cm³/mol. The van der Waals surface area contributed by atoms with Crippen LogP contribution in [0.5, 0.6) is 0 Å². The average molecular weight is 357 g/mol. The summed E-state index contributed by atoms with van der Waals surface area (Å²) < 4.78 is 0. The Hall–Kier alpha value is -1.04. The van der Waals surface area contributed by atoms with Gasteiger partial charge < -0.3 is 0 Å². The second-order valence-electron chi connectivity index (χ2n) is 3.32. The average Bonchev–Trinajstić information content (AvgIpc) is 2.56. The number of hydrogen-bond acceptors (Lipinski definition) is 0. The standard InChI is InChI=1S/C13H9.Ir/c1-3-7-12-10(5-1)9-11-6-2-4-8-13(11)12;/h1-9H;/q-1;. The van der Waals surface area contributed by atoms with Gasteiger partial charge in [-0.3, -0.25) is 0 Å². The third-order valence-corrected chi connectivity index (χ3v) is 2.52. The Bertz CT molecular complexity index is 513. The van der Waals surface area contributed by atoms with E-state index in [0.29, 0.717) is 0 Å². The maximum atomic E-state index is 2.24. The van der Waals surface area contributed by atoms with Gasteiger partial charge in [0.1, 0.15) is 0 Å². The molecule has 0 saturated carbocycles. The summed E-state index contributed by atoms with van der Waals surface area (Å²) in [5.41, 5.74) is 0. The van der Waals surface area contributed by atoms with E-state index < -0.39 is 0 Å². The molecule has 0 amide bonds. The summed E-state index contributed by atoms with van der Waals surface area (Å²) in [6, 6.07) is 19.3. The second-order valence-corrected chi connectivity index (χ2v) is 3.32. The zero-order chi connectivity index (χ0) is 8.67. The second kappa shape index (κ2) is 3.61. The summed E-state index contributed by atoms with van der Waals surface area (Å²) in [6.45, 7) is 0. The van der Waals surface area contributed by atoms with E-state index in [1.807, 2.05) is 0 Å². The summed E-state index contributed by atoms with van der Waals surface area (Å²) in [6.07, 6.45) is 0. The van der Waals surface area contributed by atoms with Crippen LogP contribution in [0.15, 0.2) is 54.6 Å². The van der Waals surface area contributed by atoms with Gasteiger partial charge >= 0.3 is 0 Å². The van der Waals surface area contributed by atoms with E-state index in [9.17, 15) is 0 Å². The van der Waals surface area contributed by atoms with Crippen LogP contribution in [-0.4, -0.2) is 0 Å². The number of hydrogen-bond donors (Lipinski definition) is 0. The molecule has 3 aromatic carbocycles. The fraction of sp³-hybridized carbons (Fsp3) is 0. The van der Waals surface area contributed by atoms with Crippen molar-refractivity contribution in [2.75, 3.05) is 0 Å². The van der Waals surface area contributed by atoms with Gasteiger partial charge in [-0.05, 0) is 0 Å². The van der Waals surface area contributed by atoms with E-state index >= 15 is 0 Å². The van der Waals surface area contributed by atoms with Crippen LogP contribution < -0.4 is 0 Å². The van der Waals surface area contributed by atoms with Crippen molar-refractivity contribution in [2.24, 2.45) is 0 Å². The van der Waals surface area contributed by atoms with Crippen molar-refractivity contribution in [3.63, 3.8) is 0 Å². The molecular weight excluding hydrogens is 348 g/mol. The molecule has 0 bridgehead atoms. The topological polar surface area (TPSA) is 0 Å². The summed E-state index contributed by atoms with van der Waals surface area (Å²) >= 11 is 0. The van der Waals surface area contributed by atoms with Crippen molar-refractivity contribution in [3.8, 4) is 0 Å². The van der Waals surface area contributed by atoms with Crippen LogP contribution in [0.3, 0.4) is 0 Å². The summed E-state index contributed by atoms with van der Waals surface area (Å²) in [4.78, 5) is 0. The third-order valence-electron chi connectivity index (χ3n) is 2.52. The summed E-state index contributed by atoms with van der Waals surface area (Å²) in [5.74, 6) is 0. The van der Waals surface area contributed by atoms with Crippen molar-refractivity contribution >= 4 is 21.5 Å². The first kappa shape index (κ1) is 9.51. The molecule has 0 N–H and O–H groups in total. The molecule has 0 aliphatic carbocycles. The molecule has 0 atom stereocenters. The molecule has 0 aliphatic heterocycles. The first-order chi connectivity index (χ1) is 6.45. The Morgan fingerprint density at radius 2 is 1.07 bits per heavy atom. The molecule has 0 aliphatic rings. The molecule has 71 valence electrons. The van der Waals surface area contributed by atoms with Crippen LogP contribution in [0, 0.1) is 0 Å².